The van der Waals surface area contributed by atoms with Crippen molar-refractivity contribution in [2.24, 2.45) is 7.05 Å². The Hall–Kier alpha value is -1.39. The van der Waals surface area contributed by atoms with Gasteiger partial charge >= 0.3 is 0 Å². The van der Waals surface area contributed by atoms with Gasteiger partial charge in [0.2, 0.25) is 5.65 Å². The molecule has 0 radical (unpaired) electrons. The summed E-state index contributed by atoms with van der Waals surface area (Å²) in [6.45, 7) is 4.18. The molecule has 64 valence electrons. The SMILES string of the molecule is CC(C)c1nc2c(nnn2C)[nH]1. The molecule has 2 aromatic heterocycles. The van der Waals surface area contributed by atoms with Crippen LogP contribution in [0.15, 0.2) is 0 Å². The minimum atomic E-state index is 0.402. The first-order valence-corrected chi connectivity index (χ1v) is 3.94. The summed E-state index contributed by atoms with van der Waals surface area (Å²) < 4.78 is 1.66. The monoisotopic (exact) mass is 165 g/mol. The molecule has 0 spiro atoms. The number of imidazole rings is 1. The molecule has 1 N–H and O–H groups in total. The third-order valence-corrected chi connectivity index (χ3v) is 1.82. The number of hydrogen-bond acceptors (Lipinski definition) is 3. The van der Waals surface area contributed by atoms with E-state index in [9.17, 15) is 0 Å². The molecule has 2 heterocycles. The molecule has 0 aliphatic heterocycles. The number of rotatable bonds is 1. The van der Waals surface area contributed by atoms with Gasteiger partial charge in [0, 0.05) is 13.0 Å². The third-order valence-electron chi connectivity index (χ3n) is 1.82. The molecule has 0 aromatic carbocycles. The fraction of sp³-hybridized carbons (Fsp3) is 0.571. The largest absolute Gasteiger partial charge is 0.323 e. The maximum Gasteiger partial charge on any atom is 0.200 e. The second kappa shape index (κ2) is 2.30. The average molecular weight is 165 g/mol. The second-order valence-electron chi connectivity index (χ2n) is 3.16. The fourth-order valence-electron chi connectivity index (χ4n) is 1.10. The van der Waals surface area contributed by atoms with Crippen molar-refractivity contribution < 1.29 is 0 Å². The molecule has 0 unspecified atom stereocenters. The van der Waals surface area contributed by atoms with Crippen LogP contribution in [0, 0.1) is 0 Å². The first-order chi connectivity index (χ1) is 5.68. The predicted molar refractivity (Wildman–Crippen MR) is 44.7 cm³/mol. The molecule has 0 bridgehead atoms. The second-order valence-corrected chi connectivity index (χ2v) is 3.16. The van der Waals surface area contributed by atoms with Gasteiger partial charge in [-0.05, 0) is 0 Å². The van der Waals surface area contributed by atoms with Crippen molar-refractivity contribution >= 4 is 11.3 Å². The van der Waals surface area contributed by atoms with Crippen LogP contribution in [0.2, 0.25) is 0 Å². The van der Waals surface area contributed by atoms with Crippen LogP contribution in [0.1, 0.15) is 25.6 Å². The summed E-state index contributed by atoms with van der Waals surface area (Å²) in [7, 11) is 1.83. The molecule has 5 heteroatoms. The summed E-state index contributed by atoms with van der Waals surface area (Å²) in [5.74, 6) is 1.37. The van der Waals surface area contributed by atoms with Crippen molar-refractivity contribution in [3.8, 4) is 0 Å². The number of nitrogens with one attached hydrogen (secondary N) is 1. The van der Waals surface area contributed by atoms with Gasteiger partial charge in [0.1, 0.15) is 5.82 Å². The molecule has 2 rings (SSSR count). The van der Waals surface area contributed by atoms with E-state index >= 15 is 0 Å². The van der Waals surface area contributed by atoms with E-state index in [1.165, 1.54) is 0 Å². The summed E-state index contributed by atoms with van der Waals surface area (Å²) in [6.07, 6.45) is 0. The van der Waals surface area contributed by atoms with Gasteiger partial charge in [0.25, 0.3) is 0 Å². The minimum Gasteiger partial charge on any atom is -0.323 e. The van der Waals surface area contributed by atoms with E-state index in [1.807, 2.05) is 7.05 Å². The van der Waals surface area contributed by atoms with E-state index in [2.05, 4.69) is 34.1 Å². The lowest BCUT2D eigenvalue weighted by Gasteiger charge is -1.96. The molecule has 0 amide bonds. The third kappa shape index (κ3) is 0.895. The van der Waals surface area contributed by atoms with Gasteiger partial charge in [-0.25, -0.2) is 9.67 Å². The van der Waals surface area contributed by atoms with Crippen molar-refractivity contribution in [3.63, 3.8) is 0 Å². The Bertz CT molecular complexity index is 397. The van der Waals surface area contributed by atoms with Crippen molar-refractivity contribution in [1.82, 2.24) is 25.0 Å². The number of hydrogen-bond donors (Lipinski definition) is 1. The molecular weight excluding hydrogens is 154 g/mol. The number of fused-ring (bicyclic) bond motifs is 1. The quantitative estimate of drug-likeness (QED) is 0.680. The van der Waals surface area contributed by atoms with Crippen LogP contribution in [0.25, 0.3) is 11.3 Å². The fourth-order valence-corrected chi connectivity index (χ4v) is 1.10. The highest BCUT2D eigenvalue weighted by Crippen LogP contribution is 2.13. The standard InChI is InChI=1S/C7H11N5/c1-4(2)5-8-6-7(9-5)12(3)11-10-6/h4H,1-3H3,(H,8,9). The molecule has 0 aliphatic carbocycles. The number of aryl methyl sites for hydroxylation is 1. The number of aromatic nitrogens is 5. The molecule has 0 saturated carbocycles. The minimum absolute atomic E-state index is 0.402. The van der Waals surface area contributed by atoms with Crippen molar-refractivity contribution in [1.29, 1.82) is 0 Å². The summed E-state index contributed by atoms with van der Waals surface area (Å²) in [4.78, 5) is 7.46. The zero-order valence-electron chi connectivity index (χ0n) is 7.37. The van der Waals surface area contributed by atoms with Gasteiger partial charge in [-0.2, -0.15) is 0 Å². The van der Waals surface area contributed by atoms with E-state index in [0.29, 0.717) is 5.92 Å². The van der Waals surface area contributed by atoms with Crippen LogP contribution in [-0.2, 0) is 7.05 Å². The molecular formula is C7H11N5. The molecule has 0 fully saturated rings. The van der Waals surface area contributed by atoms with E-state index in [0.717, 1.165) is 17.1 Å². The number of aromatic amines is 1. The van der Waals surface area contributed by atoms with Gasteiger partial charge in [-0.1, -0.05) is 19.1 Å². The molecule has 2 aromatic rings. The van der Waals surface area contributed by atoms with Crippen LogP contribution in [0.5, 0.6) is 0 Å². The smallest absolute Gasteiger partial charge is 0.200 e. The predicted octanol–water partition coefficient (Wildman–Crippen LogP) is 0.815. The van der Waals surface area contributed by atoms with Crippen LogP contribution in [0.3, 0.4) is 0 Å². The Morgan fingerprint density at radius 2 is 2.17 bits per heavy atom. The van der Waals surface area contributed by atoms with E-state index in [4.69, 9.17) is 0 Å². The lowest BCUT2D eigenvalue weighted by molar-refractivity contribution is 0.715. The lowest BCUT2D eigenvalue weighted by atomic mass is 10.2. The van der Waals surface area contributed by atoms with Gasteiger partial charge < -0.3 is 4.98 Å². The molecule has 0 saturated heterocycles. The molecule has 5 nitrogen and oxygen atoms in total. The van der Waals surface area contributed by atoms with Gasteiger partial charge in [0.15, 0.2) is 5.65 Å². The van der Waals surface area contributed by atoms with E-state index in [-0.39, 0.29) is 0 Å². The maximum atomic E-state index is 4.35. The highest BCUT2D eigenvalue weighted by atomic mass is 15.4. The molecule has 0 atom stereocenters. The molecule has 12 heavy (non-hydrogen) atoms. The number of H-pyrrole nitrogens is 1. The van der Waals surface area contributed by atoms with E-state index < -0.39 is 0 Å². The maximum absolute atomic E-state index is 4.35. The van der Waals surface area contributed by atoms with E-state index in [1.54, 1.807) is 4.68 Å². The summed E-state index contributed by atoms with van der Waals surface area (Å²) in [5, 5.41) is 7.75. The first kappa shape index (κ1) is 7.27. The van der Waals surface area contributed by atoms with Crippen LogP contribution in [0.4, 0.5) is 0 Å². The summed E-state index contributed by atoms with van der Waals surface area (Å²) >= 11 is 0. The topological polar surface area (TPSA) is 59.4 Å². The van der Waals surface area contributed by atoms with Crippen LogP contribution >= 0.6 is 0 Å². The van der Waals surface area contributed by atoms with Crippen LogP contribution < -0.4 is 0 Å². The summed E-state index contributed by atoms with van der Waals surface area (Å²) in [5.41, 5.74) is 1.58. The van der Waals surface area contributed by atoms with Gasteiger partial charge in [-0.15, -0.1) is 5.10 Å². The highest BCUT2D eigenvalue weighted by Gasteiger charge is 2.09. The Kier molecular flexibility index (Phi) is 1.39. The Morgan fingerprint density at radius 1 is 1.42 bits per heavy atom. The Morgan fingerprint density at radius 3 is 2.75 bits per heavy atom. The van der Waals surface area contributed by atoms with Crippen molar-refractivity contribution in [2.45, 2.75) is 19.8 Å². The molecule has 0 aliphatic rings. The zero-order chi connectivity index (χ0) is 8.72. The van der Waals surface area contributed by atoms with Crippen LogP contribution in [-0.4, -0.2) is 25.0 Å². The van der Waals surface area contributed by atoms with Gasteiger partial charge in [-0.3, -0.25) is 0 Å². The van der Waals surface area contributed by atoms with Crippen molar-refractivity contribution in [3.05, 3.63) is 5.82 Å². The average Bonchev–Trinajstić information content (AvgIpc) is 2.53. The number of nitrogens with zero attached hydrogens (tertiary/aromatic N) is 4. The van der Waals surface area contributed by atoms with Gasteiger partial charge in [0.05, 0.1) is 0 Å². The summed E-state index contributed by atoms with van der Waals surface area (Å²) in [6, 6.07) is 0. The first-order valence-electron chi connectivity index (χ1n) is 3.94. The Balaban J connectivity index is 2.63. The van der Waals surface area contributed by atoms with Crippen molar-refractivity contribution in [2.75, 3.05) is 0 Å². The Labute approximate surface area is 69.8 Å². The zero-order valence-corrected chi connectivity index (χ0v) is 7.37. The lowest BCUT2D eigenvalue weighted by Crippen LogP contribution is -1.94. The normalized spacial score (nSPS) is 11.7. The highest BCUT2D eigenvalue weighted by molar-refractivity contribution is 5.65.